The normalized spacial score (nSPS) is 12.4. The zero-order valence-corrected chi connectivity index (χ0v) is 11.0. The molecule has 90 valence electrons. The van der Waals surface area contributed by atoms with Gasteiger partial charge in [0.1, 0.15) is 5.75 Å². The molecule has 0 aliphatic heterocycles. The second kappa shape index (κ2) is 5.34. The van der Waals surface area contributed by atoms with Gasteiger partial charge in [0, 0.05) is 10.4 Å². The van der Waals surface area contributed by atoms with E-state index in [1.54, 1.807) is 18.4 Å². The van der Waals surface area contributed by atoms with Crippen LogP contribution in [-0.2, 0) is 6.42 Å². The Hall–Kier alpha value is -1.32. The maximum Gasteiger partial charge on any atom is 0.124 e. The molecule has 2 N–H and O–H groups in total. The first-order valence-electron chi connectivity index (χ1n) is 5.72. The van der Waals surface area contributed by atoms with Gasteiger partial charge in [0.05, 0.1) is 13.2 Å². The minimum atomic E-state index is -0.0962. The maximum absolute atomic E-state index is 6.34. The number of para-hydroxylation sites is 1. The van der Waals surface area contributed by atoms with E-state index in [1.165, 1.54) is 10.4 Å². The molecule has 2 aromatic rings. The van der Waals surface area contributed by atoms with Crippen LogP contribution in [0.2, 0.25) is 0 Å². The third-order valence-corrected chi connectivity index (χ3v) is 3.96. The molecule has 2 nitrogen and oxygen atoms in total. The molecule has 0 fully saturated rings. The van der Waals surface area contributed by atoms with Crippen LogP contribution >= 0.6 is 11.3 Å². The van der Waals surface area contributed by atoms with Gasteiger partial charge in [0.15, 0.2) is 0 Å². The first-order chi connectivity index (χ1) is 8.27. The first-order valence-corrected chi connectivity index (χ1v) is 6.60. The number of nitrogens with two attached hydrogens (primary N) is 1. The van der Waals surface area contributed by atoms with Gasteiger partial charge in [-0.05, 0) is 29.5 Å². The summed E-state index contributed by atoms with van der Waals surface area (Å²) in [5.41, 5.74) is 8.72. The Bertz CT molecular complexity index is 492. The topological polar surface area (TPSA) is 35.2 Å². The minimum absolute atomic E-state index is 0.0962. The van der Waals surface area contributed by atoms with Crippen molar-refractivity contribution in [3.63, 3.8) is 0 Å². The maximum atomic E-state index is 6.34. The van der Waals surface area contributed by atoms with Gasteiger partial charge in [0.25, 0.3) is 0 Å². The highest BCUT2D eigenvalue weighted by Gasteiger charge is 2.17. The Balaban J connectivity index is 2.40. The fraction of sp³-hybridized carbons (Fsp3) is 0.286. The molecule has 1 aromatic heterocycles. The molecule has 0 aliphatic rings. The zero-order chi connectivity index (χ0) is 12.3. The lowest BCUT2D eigenvalue weighted by Crippen LogP contribution is -2.13. The van der Waals surface area contributed by atoms with Crippen molar-refractivity contribution < 1.29 is 4.74 Å². The van der Waals surface area contributed by atoms with Gasteiger partial charge >= 0.3 is 0 Å². The fourth-order valence-electron chi connectivity index (χ4n) is 1.98. The minimum Gasteiger partial charge on any atom is -0.496 e. The SMILES string of the molecule is CCc1ccsc1C(N)c1ccccc1OC. The summed E-state index contributed by atoms with van der Waals surface area (Å²) >= 11 is 1.72. The summed E-state index contributed by atoms with van der Waals surface area (Å²) in [7, 11) is 1.68. The van der Waals surface area contributed by atoms with Gasteiger partial charge in [0.2, 0.25) is 0 Å². The van der Waals surface area contributed by atoms with E-state index in [2.05, 4.69) is 18.4 Å². The molecule has 0 bridgehead atoms. The molecule has 1 atom stereocenters. The molecule has 0 aliphatic carbocycles. The molecule has 1 heterocycles. The Morgan fingerprint density at radius 2 is 2.06 bits per heavy atom. The molecular formula is C14H17NOS. The third-order valence-electron chi connectivity index (χ3n) is 2.92. The standard InChI is InChI=1S/C14H17NOS/c1-3-10-8-9-17-14(10)13(15)11-6-4-5-7-12(11)16-2/h4-9,13H,3,15H2,1-2H3. The van der Waals surface area contributed by atoms with E-state index < -0.39 is 0 Å². The smallest absolute Gasteiger partial charge is 0.124 e. The number of hydrogen-bond donors (Lipinski definition) is 1. The monoisotopic (exact) mass is 247 g/mol. The Kier molecular flexibility index (Phi) is 3.82. The van der Waals surface area contributed by atoms with Crippen LogP contribution in [-0.4, -0.2) is 7.11 Å². The zero-order valence-electron chi connectivity index (χ0n) is 10.1. The van der Waals surface area contributed by atoms with Crippen molar-refractivity contribution in [2.24, 2.45) is 5.73 Å². The molecule has 3 heteroatoms. The van der Waals surface area contributed by atoms with E-state index in [4.69, 9.17) is 10.5 Å². The average molecular weight is 247 g/mol. The molecule has 0 radical (unpaired) electrons. The number of ether oxygens (including phenoxy) is 1. The second-order valence-corrected chi connectivity index (χ2v) is 4.83. The van der Waals surface area contributed by atoms with Gasteiger partial charge in [-0.25, -0.2) is 0 Å². The van der Waals surface area contributed by atoms with Crippen LogP contribution in [0.15, 0.2) is 35.7 Å². The van der Waals surface area contributed by atoms with Gasteiger partial charge in [-0.1, -0.05) is 25.1 Å². The summed E-state index contributed by atoms with van der Waals surface area (Å²) in [5, 5.41) is 2.10. The van der Waals surface area contributed by atoms with Crippen LogP contribution in [0.1, 0.15) is 29.0 Å². The predicted molar refractivity (Wildman–Crippen MR) is 72.7 cm³/mol. The number of thiophene rings is 1. The van der Waals surface area contributed by atoms with Crippen molar-refractivity contribution in [2.75, 3.05) is 7.11 Å². The summed E-state index contributed by atoms with van der Waals surface area (Å²) in [5.74, 6) is 0.857. The number of rotatable bonds is 4. The summed E-state index contributed by atoms with van der Waals surface area (Å²) in [6.45, 7) is 2.15. The van der Waals surface area contributed by atoms with Crippen molar-refractivity contribution in [2.45, 2.75) is 19.4 Å². The van der Waals surface area contributed by atoms with Gasteiger partial charge in [-0.2, -0.15) is 0 Å². The van der Waals surface area contributed by atoms with Crippen molar-refractivity contribution >= 4 is 11.3 Å². The second-order valence-electron chi connectivity index (χ2n) is 3.88. The fourth-order valence-corrected chi connectivity index (χ4v) is 2.99. The molecule has 0 saturated carbocycles. The van der Waals surface area contributed by atoms with E-state index in [1.807, 2.05) is 24.3 Å². The van der Waals surface area contributed by atoms with E-state index >= 15 is 0 Å². The van der Waals surface area contributed by atoms with Crippen LogP contribution < -0.4 is 10.5 Å². The lowest BCUT2D eigenvalue weighted by Gasteiger charge is -2.15. The van der Waals surface area contributed by atoms with Crippen molar-refractivity contribution in [3.05, 3.63) is 51.7 Å². The van der Waals surface area contributed by atoms with Crippen LogP contribution in [0.4, 0.5) is 0 Å². The summed E-state index contributed by atoms with van der Waals surface area (Å²) in [6.07, 6.45) is 1.02. The van der Waals surface area contributed by atoms with Crippen molar-refractivity contribution in [1.82, 2.24) is 0 Å². The number of hydrogen-bond acceptors (Lipinski definition) is 3. The molecule has 1 aromatic carbocycles. The first kappa shape index (κ1) is 12.1. The van der Waals surface area contributed by atoms with E-state index in [-0.39, 0.29) is 6.04 Å². The van der Waals surface area contributed by atoms with Crippen molar-refractivity contribution in [3.8, 4) is 5.75 Å². The Labute approximate surface area is 106 Å². The molecule has 1 unspecified atom stereocenters. The van der Waals surface area contributed by atoms with Crippen molar-refractivity contribution in [1.29, 1.82) is 0 Å². The molecule has 2 rings (SSSR count). The van der Waals surface area contributed by atoms with E-state index in [9.17, 15) is 0 Å². The van der Waals surface area contributed by atoms with E-state index in [0.717, 1.165) is 17.7 Å². The van der Waals surface area contributed by atoms with Gasteiger partial charge in [-0.3, -0.25) is 0 Å². The highest BCUT2D eigenvalue weighted by molar-refractivity contribution is 7.10. The summed E-state index contributed by atoms with van der Waals surface area (Å²) in [6, 6.07) is 9.99. The van der Waals surface area contributed by atoms with Crippen LogP contribution in [0, 0.1) is 0 Å². The molecule has 0 saturated heterocycles. The Morgan fingerprint density at radius 3 is 2.76 bits per heavy atom. The average Bonchev–Trinajstić information content (AvgIpc) is 2.86. The molecule has 17 heavy (non-hydrogen) atoms. The number of methoxy groups -OCH3 is 1. The predicted octanol–water partition coefficient (Wildman–Crippen LogP) is 3.37. The molecule has 0 spiro atoms. The lowest BCUT2D eigenvalue weighted by molar-refractivity contribution is 0.408. The highest BCUT2D eigenvalue weighted by atomic mass is 32.1. The number of aryl methyl sites for hydroxylation is 1. The highest BCUT2D eigenvalue weighted by Crippen LogP contribution is 2.32. The van der Waals surface area contributed by atoms with Gasteiger partial charge in [-0.15, -0.1) is 11.3 Å². The molecular weight excluding hydrogens is 230 g/mol. The van der Waals surface area contributed by atoms with Gasteiger partial charge < -0.3 is 10.5 Å². The van der Waals surface area contributed by atoms with Crippen LogP contribution in [0.5, 0.6) is 5.75 Å². The quantitative estimate of drug-likeness (QED) is 0.899. The number of benzene rings is 1. The Morgan fingerprint density at radius 1 is 1.29 bits per heavy atom. The molecule has 0 amide bonds. The summed E-state index contributed by atoms with van der Waals surface area (Å²) in [4.78, 5) is 1.23. The lowest BCUT2D eigenvalue weighted by atomic mass is 10.0. The largest absolute Gasteiger partial charge is 0.496 e. The van der Waals surface area contributed by atoms with E-state index in [0.29, 0.717) is 0 Å². The van der Waals surface area contributed by atoms with Crippen LogP contribution in [0.25, 0.3) is 0 Å². The van der Waals surface area contributed by atoms with Crippen LogP contribution in [0.3, 0.4) is 0 Å². The summed E-state index contributed by atoms with van der Waals surface area (Å²) < 4.78 is 5.36. The third kappa shape index (κ3) is 2.35.